The van der Waals surface area contributed by atoms with Crippen LogP contribution in [0.4, 0.5) is 0 Å². The average molecular weight is 309 g/mol. The van der Waals surface area contributed by atoms with Gasteiger partial charge in [-0.1, -0.05) is 20.3 Å². The molecule has 96 valence electrons. The molecule has 0 amide bonds. The molecule has 4 nitrogen and oxygen atoms in total. The van der Waals surface area contributed by atoms with Gasteiger partial charge in [-0.05, 0) is 40.9 Å². The minimum absolute atomic E-state index is 0.447. The van der Waals surface area contributed by atoms with Crippen LogP contribution in [0.3, 0.4) is 0 Å². The SMILES string of the molecule is CCCC(CC)c1ncnn1-c1ccc(Br)cn1. The minimum atomic E-state index is 0.447. The van der Waals surface area contributed by atoms with Gasteiger partial charge in [-0.25, -0.2) is 9.97 Å². The van der Waals surface area contributed by atoms with E-state index in [4.69, 9.17) is 0 Å². The topological polar surface area (TPSA) is 43.6 Å². The van der Waals surface area contributed by atoms with Gasteiger partial charge in [-0.2, -0.15) is 9.78 Å². The smallest absolute Gasteiger partial charge is 0.155 e. The summed E-state index contributed by atoms with van der Waals surface area (Å²) in [7, 11) is 0. The first kappa shape index (κ1) is 13.2. The molecule has 2 aromatic rings. The summed E-state index contributed by atoms with van der Waals surface area (Å²) in [6.07, 6.45) is 6.74. The van der Waals surface area contributed by atoms with Crippen LogP contribution in [0.25, 0.3) is 5.82 Å². The highest BCUT2D eigenvalue weighted by atomic mass is 79.9. The van der Waals surface area contributed by atoms with Crippen LogP contribution in [0, 0.1) is 0 Å². The van der Waals surface area contributed by atoms with E-state index in [1.807, 2.05) is 16.8 Å². The predicted molar refractivity (Wildman–Crippen MR) is 74.8 cm³/mol. The first-order valence-corrected chi connectivity index (χ1v) is 7.07. The maximum atomic E-state index is 4.40. The van der Waals surface area contributed by atoms with E-state index < -0.39 is 0 Å². The number of nitrogens with zero attached hydrogens (tertiary/aromatic N) is 4. The molecule has 0 N–H and O–H groups in total. The van der Waals surface area contributed by atoms with Crippen LogP contribution >= 0.6 is 15.9 Å². The largest absolute Gasteiger partial charge is 0.236 e. The van der Waals surface area contributed by atoms with Gasteiger partial charge in [-0.3, -0.25) is 0 Å². The van der Waals surface area contributed by atoms with Crippen molar-refractivity contribution in [1.82, 2.24) is 19.7 Å². The summed E-state index contributed by atoms with van der Waals surface area (Å²) in [6, 6.07) is 3.91. The lowest BCUT2D eigenvalue weighted by Crippen LogP contribution is -2.09. The molecule has 2 rings (SSSR count). The Hall–Kier alpha value is -1.23. The van der Waals surface area contributed by atoms with Crippen LogP contribution in [-0.4, -0.2) is 19.7 Å². The normalized spacial score (nSPS) is 12.6. The van der Waals surface area contributed by atoms with Gasteiger partial charge < -0.3 is 0 Å². The first-order chi connectivity index (χ1) is 8.76. The molecule has 0 saturated carbocycles. The Balaban J connectivity index is 2.34. The van der Waals surface area contributed by atoms with Crippen LogP contribution in [0.5, 0.6) is 0 Å². The average Bonchev–Trinajstić information content (AvgIpc) is 2.86. The Labute approximate surface area is 116 Å². The first-order valence-electron chi connectivity index (χ1n) is 6.28. The predicted octanol–water partition coefficient (Wildman–Crippen LogP) is 3.72. The zero-order valence-electron chi connectivity index (χ0n) is 10.7. The highest BCUT2D eigenvalue weighted by Gasteiger charge is 2.16. The molecule has 0 fully saturated rings. The standard InChI is InChI=1S/C13H17BrN4/c1-3-5-10(4-2)13-16-9-17-18(13)12-7-6-11(14)8-15-12/h6-10H,3-5H2,1-2H3. The minimum Gasteiger partial charge on any atom is -0.236 e. The summed E-state index contributed by atoms with van der Waals surface area (Å²) < 4.78 is 2.81. The molecule has 1 unspecified atom stereocenters. The zero-order chi connectivity index (χ0) is 13.0. The van der Waals surface area contributed by atoms with E-state index in [1.165, 1.54) is 0 Å². The van der Waals surface area contributed by atoms with Crippen molar-refractivity contribution in [2.75, 3.05) is 0 Å². The third-order valence-electron chi connectivity index (χ3n) is 3.00. The highest BCUT2D eigenvalue weighted by Crippen LogP contribution is 2.24. The van der Waals surface area contributed by atoms with Crippen LogP contribution in [0.15, 0.2) is 29.1 Å². The Morgan fingerprint density at radius 3 is 2.72 bits per heavy atom. The van der Waals surface area contributed by atoms with Crippen LogP contribution in [0.2, 0.25) is 0 Å². The van der Waals surface area contributed by atoms with Crippen molar-refractivity contribution in [3.8, 4) is 5.82 Å². The van der Waals surface area contributed by atoms with Crippen LogP contribution in [0.1, 0.15) is 44.9 Å². The van der Waals surface area contributed by atoms with E-state index in [0.29, 0.717) is 5.92 Å². The summed E-state index contributed by atoms with van der Waals surface area (Å²) >= 11 is 3.39. The van der Waals surface area contributed by atoms with Crippen molar-refractivity contribution < 1.29 is 0 Å². The molecule has 0 aromatic carbocycles. The maximum Gasteiger partial charge on any atom is 0.155 e. The Kier molecular flexibility index (Phi) is 4.47. The quantitative estimate of drug-likeness (QED) is 0.845. The molecule has 0 aliphatic heterocycles. The molecule has 0 aliphatic carbocycles. The van der Waals surface area contributed by atoms with Gasteiger partial charge >= 0.3 is 0 Å². The lowest BCUT2D eigenvalue weighted by Gasteiger charge is -2.13. The Morgan fingerprint density at radius 2 is 2.11 bits per heavy atom. The molecular weight excluding hydrogens is 292 g/mol. The van der Waals surface area contributed by atoms with Gasteiger partial charge in [-0.15, -0.1) is 0 Å². The lowest BCUT2D eigenvalue weighted by atomic mass is 10.00. The van der Waals surface area contributed by atoms with Gasteiger partial charge in [0.15, 0.2) is 5.82 Å². The zero-order valence-corrected chi connectivity index (χ0v) is 12.3. The highest BCUT2D eigenvalue weighted by molar-refractivity contribution is 9.10. The van der Waals surface area contributed by atoms with Crippen molar-refractivity contribution in [2.45, 2.75) is 39.0 Å². The van der Waals surface area contributed by atoms with Gasteiger partial charge in [0, 0.05) is 16.6 Å². The molecule has 0 bridgehead atoms. The number of aromatic nitrogens is 4. The summed E-state index contributed by atoms with van der Waals surface area (Å²) in [5, 5.41) is 4.29. The van der Waals surface area contributed by atoms with Gasteiger partial charge in [0.1, 0.15) is 12.2 Å². The van der Waals surface area contributed by atoms with E-state index in [-0.39, 0.29) is 0 Å². The molecule has 0 spiro atoms. The monoisotopic (exact) mass is 308 g/mol. The fraction of sp³-hybridized carbons (Fsp3) is 0.462. The molecular formula is C13H17BrN4. The number of rotatable bonds is 5. The summed E-state index contributed by atoms with van der Waals surface area (Å²) in [5.74, 6) is 2.28. The molecule has 1 atom stereocenters. The number of hydrogen-bond donors (Lipinski definition) is 0. The summed E-state index contributed by atoms with van der Waals surface area (Å²) in [4.78, 5) is 8.78. The second-order valence-corrected chi connectivity index (χ2v) is 5.17. The Morgan fingerprint density at radius 1 is 1.28 bits per heavy atom. The third-order valence-corrected chi connectivity index (χ3v) is 3.47. The lowest BCUT2D eigenvalue weighted by molar-refractivity contribution is 0.546. The summed E-state index contributed by atoms with van der Waals surface area (Å²) in [6.45, 7) is 4.38. The second-order valence-electron chi connectivity index (χ2n) is 4.26. The van der Waals surface area contributed by atoms with Crippen molar-refractivity contribution in [1.29, 1.82) is 0 Å². The molecule has 2 heterocycles. The van der Waals surface area contributed by atoms with E-state index in [9.17, 15) is 0 Å². The van der Waals surface area contributed by atoms with Gasteiger partial charge in [0.25, 0.3) is 0 Å². The number of halogens is 1. The fourth-order valence-electron chi connectivity index (χ4n) is 2.06. The maximum absolute atomic E-state index is 4.40. The van der Waals surface area contributed by atoms with Crippen molar-refractivity contribution >= 4 is 15.9 Å². The van der Waals surface area contributed by atoms with Gasteiger partial charge in [0.2, 0.25) is 0 Å². The van der Waals surface area contributed by atoms with Crippen molar-refractivity contribution in [3.05, 3.63) is 35.0 Å². The summed E-state index contributed by atoms with van der Waals surface area (Å²) in [5.41, 5.74) is 0. The molecule has 18 heavy (non-hydrogen) atoms. The molecule has 0 saturated heterocycles. The molecule has 0 radical (unpaired) electrons. The van der Waals surface area contributed by atoms with Gasteiger partial charge in [0.05, 0.1) is 0 Å². The van der Waals surface area contributed by atoms with E-state index in [0.717, 1.165) is 35.4 Å². The second kappa shape index (κ2) is 6.09. The Bertz CT molecular complexity index is 492. The van der Waals surface area contributed by atoms with Crippen molar-refractivity contribution in [2.24, 2.45) is 0 Å². The van der Waals surface area contributed by atoms with E-state index in [1.54, 1.807) is 12.5 Å². The fourth-order valence-corrected chi connectivity index (χ4v) is 2.30. The number of pyridine rings is 1. The number of hydrogen-bond acceptors (Lipinski definition) is 3. The molecule has 5 heteroatoms. The molecule has 2 aromatic heterocycles. The van der Waals surface area contributed by atoms with E-state index in [2.05, 4.69) is 44.8 Å². The van der Waals surface area contributed by atoms with Crippen molar-refractivity contribution in [3.63, 3.8) is 0 Å². The van der Waals surface area contributed by atoms with E-state index >= 15 is 0 Å². The van der Waals surface area contributed by atoms with Crippen LogP contribution in [-0.2, 0) is 0 Å². The molecule has 0 aliphatic rings. The van der Waals surface area contributed by atoms with Crippen LogP contribution < -0.4 is 0 Å². The third kappa shape index (κ3) is 2.77.